The summed E-state index contributed by atoms with van der Waals surface area (Å²) in [5.74, 6) is -0.462. The molecule has 0 radical (unpaired) electrons. The van der Waals surface area contributed by atoms with Crippen molar-refractivity contribution in [2.24, 2.45) is 0 Å². The Morgan fingerprint density at radius 3 is 1.62 bits per heavy atom. The minimum Gasteiger partial charge on any atom is -0.459 e. The second-order valence-corrected chi connectivity index (χ2v) is 10.2. The van der Waals surface area contributed by atoms with Crippen molar-refractivity contribution in [3.63, 3.8) is 0 Å². The van der Waals surface area contributed by atoms with Gasteiger partial charge < -0.3 is 14.2 Å². The molecule has 0 aliphatic heterocycles. The van der Waals surface area contributed by atoms with Crippen LogP contribution in [0.1, 0.15) is 131 Å². The van der Waals surface area contributed by atoms with Gasteiger partial charge in [0.05, 0.1) is 17.2 Å². The van der Waals surface area contributed by atoms with E-state index in [4.69, 9.17) is 14.2 Å². The lowest BCUT2D eigenvalue weighted by Crippen LogP contribution is -2.15. The maximum absolute atomic E-state index is 12.5. The number of carbonyl (C=O) groups excluding carboxylic acids is 3. The van der Waals surface area contributed by atoms with Crippen LogP contribution in [0.2, 0.25) is 0 Å². The van der Waals surface area contributed by atoms with Crippen molar-refractivity contribution in [3.05, 3.63) is 59.7 Å². The highest BCUT2D eigenvalue weighted by atomic mass is 16.5. The number of esters is 3. The molecule has 0 N–H and O–H groups in total. The maximum atomic E-state index is 12.5. The first-order valence-electron chi connectivity index (χ1n) is 14.8. The smallest absolute Gasteiger partial charge is 0.343 e. The number of hydrogen-bond donors (Lipinski definition) is 0. The molecule has 0 saturated carbocycles. The summed E-state index contributed by atoms with van der Waals surface area (Å²) < 4.78 is 16.3. The van der Waals surface area contributed by atoms with Crippen molar-refractivity contribution in [2.75, 3.05) is 0 Å². The lowest BCUT2D eigenvalue weighted by Gasteiger charge is -2.13. The summed E-state index contributed by atoms with van der Waals surface area (Å²) in [6.45, 7) is 6.28. The van der Waals surface area contributed by atoms with Crippen molar-refractivity contribution in [1.29, 1.82) is 0 Å². The molecule has 6 nitrogen and oxygen atoms in total. The van der Waals surface area contributed by atoms with Crippen LogP contribution in [0.15, 0.2) is 48.5 Å². The number of carbonyl (C=O) groups is 3. The fourth-order valence-electron chi connectivity index (χ4n) is 4.24. The Labute approximate surface area is 234 Å². The van der Waals surface area contributed by atoms with Gasteiger partial charge in [-0.15, -0.1) is 0 Å². The Hall–Kier alpha value is -3.15. The summed E-state index contributed by atoms with van der Waals surface area (Å²) in [7, 11) is 0. The van der Waals surface area contributed by atoms with Gasteiger partial charge in [-0.25, -0.2) is 9.59 Å². The molecule has 0 bridgehead atoms. The number of ether oxygens (including phenoxy) is 3. The second kappa shape index (κ2) is 19.0. The van der Waals surface area contributed by atoms with E-state index in [0.717, 1.165) is 38.5 Å². The highest BCUT2D eigenvalue weighted by Crippen LogP contribution is 2.19. The molecule has 0 unspecified atom stereocenters. The first-order chi connectivity index (χ1) is 18.9. The van der Waals surface area contributed by atoms with Crippen LogP contribution in [0.25, 0.3) is 0 Å². The summed E-state index contributed by atoms with van der Waals surface area (Å²) in [4.78, 5) is 37.0. The molecule has 0 aliphatic carbocycles. The topological polar surface area (TPSA) is 78.9 Å². The van der Waals surface area contributed by atoms with Gasteiger partial charge in [0.15, 0.2) is 0 Å². The average Bonchev–Trinajstić information content (AvgIpc) is 2.93. The average molecular weight is 539 g/mol. The van der Waals surface area contributed by atoms with Gasteiger partial charge in [-0.1, -0.05) is 78.1 Å². The quantitative estimate of drug-likeness (QED) is 0.101. The Morgan fingerprint density at radius 1 is 0.590 bits per heavy atom. The Morgan fingerprint density at radius 2 is 1.05 bits per heavy atom. The Kier molecular flexibility index (Phi) is 15.6. The lowest BCUT2D eigenvalue weighted by atomic mass is 10.1. The predicted molar refractivity (Wildman–Crippen MR) is 154 cm³/mol. The fraction of sp³-hybridized carbons (Fsp3) is 0.545. The molecule has 214 valence electrons. The van der Waals surface area contributed by atoms with Crippen LogP contribution in [0, 0.1) is 0 Å². The van der Waals surface area contributed by atoms with E-state index in [9.17, 15) is 14.4 Å². The zero-order valence-corrected chi connectivity index (χ0v) is 24.0. The standard InChI is InChI=1S/C33H46O6/c1-4-6-8-10-11-12-13-15-17-31(34)38-29-22-18-28(19-23-29)33(36)39-30-24-20-27(21-25-30)32(35)37-26(3)16-14-9-7-5-2/h18-26H,4-17H2,1-3H3/t26-/m1/s1. The van der Waals surface area contributed by atoms with Gasteiger partial charge in [0, 0.05) is 6.42 Å². The van der Waals surface area contributed by atoms with E-state index in [2.05, 4.69) is 13.8 Å². The summed E-state index contributed by atoms with van der Waals surface area (Å²) in [5, 5.41) is 0. The van der Waals surface area contributed by atoms with Gasteiger partial charge in [0.2, 0.25) is 0 Å². The van der Waals surface area contributed by atoms with E-state index >= 15 is 0 Å². The molecule has 0 heterocycles. The molecule has 39 heavy (non-hydrogen) atoms. The van der Waals surface area contributed by atoms with E-state index in [1.807, 2.05) is 6.92 Å². The van der Waals surface area contributed by atoms with Crippen molar-refractivity contribution >= 4 is 17.9 Å². The third-order valence-electron chi connectivity index (χ3n) is 6.63. The van der Waals surface area contributed by atoms with Gasteiger partial charge in [0.25, 0.3) is 0 Å². The highest BCUT2D eigenvalue weighted by Gasteiger charge is 2.14. The molecule has 1 atom stereocenters. The predicted octanol–water partition coefficient (Wildman–Crippen LogP) is 8.86. The number of benzene rings is 2. The largest absolute Gasteiger partial charge is 0.459 e. The highest BCUT2D eigenvalue weighted by molar-refractivity contribution is 5.92. The first kappa shape index (κ1) is 32.1. The molecule has 0 spiro atoms. The van der Waals surface area contributed by atoms with Gasteiger partial charge in [-0.05, 0) is 74.7 Å². The van der Waals surface area contributed by atoms with E-state index < -0.39 is 5.97 Å². The molecule has 2 aromatic carbocycles. The van der Waals surface area contributed by atoms with Crippen LogP contribution in [0.4, 0.5) is 0 Å². The minimum atomic E-state index is -0.539. The molecular formula is C33H46O6. The Bertz CT molecular complexity index is 980. The van der Waals surface area contributed by atoms with Gasteiger partial charge in [-0.3, -0.25) is 4.79 Å². The van der Waals surface area contributed by atoms with Crippen molar-refractivity contribution in [2.45, 2.75) is 117 Å². The maximum Gasteiger partial charge on any atom is 0.343 e. The lowest BCUT2D eigenvalue weighted by molar-refractivity contribution is -0.134. The van der Waals surface area contributed by atoms with Crippen LogP contribution in [-0.4, -0.2) is 24.0 Å². The van der Waals surface area contributed by atoms with Crippen LogP contribution in [-0.2, 0) is 9.53 Å². The third-order valence-corrected chi connectivity index (χ3v) is 6.63. The van der Waals surface area contributed by atoms with Crippen molar-refractivity contribution < 1.29 is 28.6 Å². The zero-order valence-electron chi connectivity index (χ0n) is 24.0. The summed E-state index contributed by atoms with van der Waals surface area (Å²) in [6, 6.07) is 12.6. The first-order valence-corrected chi connectivity index (χ1v) is 14.8. The van der Waals surface area contributed by atoms with E-state index in [-0.39, 0.29) is 18.0 Å². The minimum absolute atomic E-state index is 0.140. The number of hydrogen-bond acceptors (Lipinski definition) is 6. The molecule has 0 amide bonds. The van der Waals surface area contributed by atoms with E-state index in [0.29, 0.717) is 29.0 Å². The molecule has 0 saturated heterocycles. The summed E-state index contributed by atoms with van der Waals surface area (Å²) >= 11 is 0. The van der Waals surface area contributed by atoms with Crippen molar-refractivity contribution in [1.82, 2.24) is 0 Å². The Balaban J connectivity index is 1.72. The summed E-state index contributed by atoms with van der Waals surface area (Å²) in [6.07, 6.45) is 15.0. The third kappa shape index (κ3) is 13.5. The van der Waals surface area contributed by atoms with Crippen LogP contribution in [0.5, 0.6) is 11.5 Å². The molecule has 2 rings (SSSR count). The number of rotatable bonds is 19. The fourth-order valence-corrected chi connectivity index (χ4v) is 4.24. The van der Waals surface area contributed by atoms with Crippen molar-refractivity contribution in [3.8, 4) is 11.5 Å². The van der Waals surface area contributed by atoms with Crippen LogP contribution in [0.3, 0.4) is 0 Å². The molecule has 6 heteroatoms. The SMILES string of the molecule is CCCCCCCCCCC(=O)Oc1ccc(C(=O)Oc2ccc(C(=O)O[C@H](C)CCCCCC)cc2)cc1. The van der Waals surface area contributed by atoms with Gasteiger partial charge in [0.1, 0.15) is 11.5 Å². The normalized spacial score (nSPS) is 11.6. The van der Waals surface area contributed by atoms with Gasteiger partial charge >= 0.3 is 17.9 Å². The van der Waals surface area contributed by atoms with E-state index in [1.165, 1.54) is 44.9 Å². The van der Waals surface area contributed by atoms with E-state index in [1.54, 1.807) is 48.5 Å². The monoisotopic (exact) mass is 538 g/mol. The molecular weight excluding hydrogens is 492 g/mol. The molecule has 0 fully saturated rings. The molecule has 0 aliphatic rings. The molecule has 0 aromatic heterocycles. The zero-order chi connectivity index (χ0) is 28.3. The number of unbranched alkanes of at least 4 members (excludes halogenated alkanes) is 10. The summed E-state index contributed by atoms with van der Waals surface area (Å²) in [5.41, 5.74) is 0.742. The van der Waals surface area contributed by atoms with Gasteiger partial charge in [-0.2, -0.15) is 0 Å². The molecule has 2 aromatic rings. The van der Waals surface area contributed by atoms with Crippen LogP contribution >= 0.6 is 0 Å². The van der Waals surface area contributed by atoms with Crippen LogP contribution < -0.4 is 9.47 Å². The second-order valence-electron chi connectivity index (χ2n) is 10.2.